The van der Waals surface area contributed by atoms with Gasteiger partial charge in [-0.1, -0.05) is 18.2 Å². The molecule has 0 radical (unpaired) electrons. The molecule has 0 unspecified atom stereocenters. The first-order valence-electron chi connectivity index (χ1n) is 8.95. The molecule has 0 saturated carbocycles. The Morgan fingerprint density at radius 3 is 2.86 bits per heavy atom. The van der Waals surface area contributed by atoms with Gasteiger partial charge in [-0.05, 0) is 34.0 Å². The van der Waals surface area contributed by atoms with Crippen molar-refractivity contribution in [1.29, 1.82) is 0 Å². The summed E-state index contributed by atoms with van der Waals surface area (Å²) >= 11 is 1.56. The average molecular weight is 396 g/mol. The number of carbonyl (C=O) groups is 3. The van der Waals surface area contributed by atoms with E-state index < -0.39 is 12.1 Å². The third-order valence-corrected chi connectivity index (χ3v) is 5.66. The van der Waals surface area contributed by atoms with Gasteiger partial charge in [0.1, 0.15) is 12.6 Å². The third kappa shape index (κ3) is 3.50. The highest BCUT2D eigenvalue weighted by Crippen LogP contribution is 2.21. The van der Waals surface area contributed by atoms with Gasteiger partial charge in [0.25, 0.3) is 5.91 Å². The number of fused-ring (bicyclic) bond motifs is 1. The normalized spacial score (nSPS) is 16.6. The van der Waals surface area contributed by atoms with Gasteiger partial charge in [0.2, 0.25) is 5.91 Å². The van der Waals surface area contributed by atoms with E-state index in [-0.39, 0.29) is 18.4 Å². The fourth-order valence-corrected chi connectivity index (χ4v) is 4.05. The predicted molar refractivity (Wildman–Crippen MR) is 107 cm³/mol. The predicted octanol–water partition coefficient (Wildman–Crippen LogP) is 2.35. The van der Waals surface area contributed by atoms with Crippen molar-refractivity contribution in [1.82, 2.24) is 20.1 Å². The first kappa shape index (κ1) is 18.2. The van der Waals surface area contributed by atoms with Crippen molar-refractivity contribution in [3.05, 3.63) is 58.4 Å². The average Bonchev–Trinajstić information content (AvgIpc) is 3.39. The van der Waals surface area contributed by atoms with E-state index in [2.05, 4.69) is 10.3 Å². The van der Waals surface area contributed by atoms with Crippen molar-refractivity contribution in [2.24, 2.45) is 0 Å². The number of carbonyl (C=O) groups excluding carboxylic acids is 3. The fourth-order valence-electron chi connectivity index (χ4n) is 3.39. The van der Waals surface area contributed by atoms with Crippen molar-refractivity contribution < 1.29 is 14.4 Å². The van der Waals surface area contributed by atoms with Crippen LogP contribution in [-0.4, -0.2) is 52.3 Å². The first-order chi connectivity index (χ1) is 13.5. The molecular formula is C20H20N4O3S. The molecule has 0 aliphatic carbocycles. The molecule has 4 rings (SSSR count). The smallest absolute Gasteiger partial charge is 0.325 e. The van der Waals surface area contributed by atoms with Crippen LogP contribution in [0.4, 0.5) is 4.79 Å². The number of hydrogen-bond donors (Lipinski definition) is 2. The molecule has 0 bridgehead atoms. The number of nitrogens with one attached hydrogen (secondary N) is 2. The molecule has 1 atom stereocenters. The molecule has 1 fully saturated rings. The zero-order chi connectivity index (χ0) is 19.7. The van der Waals surface area contributed by atoms with E-state index >= 15 is 0 Å². The molecule has 144 valence electrons. The second kappa shape index (κ2) is 7.47. The number of para-hydroxylation sites is 1. The number of benzene rings is 1. The largest absolute Gasteiger partial charge is 0.361 e. The minimum Gasteiger partial charge on any atom is -0.361 e. The minimum absolute atomic E-state index is 0.254. The lowest BCUT2D eigenvalue weighted by atomic mass is 10.1. The Kier molecular flexibility index (Phi) is 4.87. The molecule has 2 aromatic heterocycles. The molecular weight excluding hydrogens is 376 g/mol. The lowest BCUT2D eigenvalue weighted by Crippen LogP contribution is -2.41. The molecule has 4 amide bonds. The summed E-state index contributed by atoms with van der Waals surface area (Å²) in [6, 6.07) is 8.56. The van der Waals surface area contributed by atoms with Gasteiger partial charge >= 0.3 is 6.03 Å². The second-order valence-electron chi connectivity index (χ2n) is 6.87. The van der Waals surface area contributed by atoms with Gasteiger partial charge in [-0.2, -0.15) is 11.3 Å². The first-order valence-corrected chi connectivity index (χ1v) is 9.89. The lowest BCUT2D eigenvalue weighted by molar-refractivity contribution is -0.136. The molecule has 28 heavy (non-hydrogen) atoms. The second-order valence-corrected chi connectivity index (χ2v) is 7.65. The lowest BCUT2D eigenvalue weighted by Gasteiger charge is -2.19. The van der Waals surface area contributed by atoms with Crippen molar-refractivity contribution in [2.45, 2.75) is 19.0 Å². The number of hydrogen-bond acceptors (Lipinski definition) is 4. The summed E-state index contributed by atoms with van der Waals surface area (Å²) < 4.78 is 0. The van der Waals surface area contributed by atoms with Crippen LogP contribution >= 0.6 is 11.3 Å². The van der Waals surface area contributed by atoms with E-state index in [4.69, 9.17) is 0 Å². The Bertz CT molecular complexity index is 1030. The summed E-state index contributed by atoms with van der Waals surface area (Å²) in [4.78, 5) is 43.2. The van der Waals surface area contributed by atoms with Crippen LogP contribution in [0.5, 0.6) is 0 Å². The molecule has 3 heterocycles. The van der Waals surface area contributed by atoms with E-state index in [9.17, 15) is 14.4 Å². The van der Waals surface area contributed by atoms with Gasteiger partial charge < -0.3 is 15.2 Å². The number of amides is 4. The zero-order valence-corrected chi connectivity index (χ0v) is 16.2. The minimum atomic E-state index is -0.665. The molecule has 1 saturated heterocycles. The van der Waals surface area contributed by atoms with Gasteiger partial charge in [0.05, 0.1) is 0 Å². The quantitative estimate of drug-likeness (QED) is 0.627. The highest BCUT2D eigenvalue weighted by molar-refractivity contribution is 7.07. The Hall–Kier alpha value is -3.13. The van der Waals surface area contributed by atoms with Crippen molar-refractivity contribution in [3.8, 4) is 0 Å². The van der Waals surface area contributed by atoms with Gasteiger partial charge in [-0.3, -0.25) is 14.5 Å². The Morgan fingerprint density at radius 2 is 2.07 bits per heavy atom. The number of aromatic nitrogens is 1. The van der Waals surface area contributed by atoms with Gasteiger partial charge in [-0.15, -0.1) is 0 Å². The Morgan fingerprint density at radius 1 is 1.25 bits per heavy atom. The summed E-state index contributed by atoms with van der Waals surface area (Å²) in [7, 11) is 1.67. The summed E-state index contributed by atoms with van der Waals surface area (Å²) in [6.07, 6.45) is 2.23. The number of rotatable bonds is 6. The number of nitrogens with zero attached hydrogens (tertiary/aromatic N) is 2. The van der Waals surface area contributed by atoms with Crippen LogP contribution in [0.1, 0.15) is 11.1 Å². The van der Waals surface area contributed by atoms with E-state index in [0.717, 1.165) is 26.9 Å². The number of imide groups is 1. The van der Waals surface area contributed by atoms with Crippen LogP contribution in [-0.2, 0) is 22.6 Å². The Labute approximate surface area is 165 Å². The van der Waals surface area contributed by atoms with Crippen LogP contribution in [0.15, 0.2) is 47.3 Å². The highest BCUT2D eigenvalue weighted by Gasteiger charge is 2.39. The maximum absolute atomic E-state index is 12.7. The maximum atomic E-state index is 12.7. The molecule has 1 aliphatic rings. The van der Waals surface area contributed by atoms with Gasteiger partial charge in [0, 0.05) is 37.1 Å². The summed E-state index contributed by atoms with van der Waals surface area (Å²) in [5.41, 5.74) is 2.96. The van der Waals surface area contributed by atoms with Crippen molar-refractivity contribution >= 4 is 40.1 Å². The van der Waals surface area contributed by atoms with Gasteiger partial charge in [-0.25, -0.2) is 4.79 Å². The fraction of sp³-hybridized carbons (Fsp3) is 0.250. The molecule has 0 spiro atoms. The van der Waals surface area contributed by atoms with Crippen LogP contribution in [0, 0.1) is 0 Å². The third-order valence-electron chi connectivity index (χ3n) is 4.92. The molecule has 7 nitrogen and oxygen atoms in total. The topological polar surface area (TPSA) is 85.5 Å². The van der Waals surface area contributed by atoms with E-state index in [1.54, 1.807) is 18.4 Å². The monoisotopic (exact) mass is 396 g/mol. The number of aromatic amines is 1. The molecule has 8 heteroatoms. The SMILES string of the molecule is CN(Cc1ccsc1)C(=O)CN1C(=O)N[C@@H](Cc2c[nH]c3ccccc23)C1=O. The number of urea groups is 1. The number of thiophene rings is 1. The molecule has 3 aromatic rings. The van der Waals surface area contributed by atoms with Crippen molar-refractivity contribution in [3.63, 3.8) is 0 Å². The standard InChI is InChI=1S/C20H20N4O3S/c1-23(10-13-6-7-28-12-13)18(25)11-24-19(26)17(22-20(24)27)8-14-9-21-16-5-3-2-4-15(14)16/h2-7,9,12,17,21H,8,10-11H2,1H3,(H,22,27)/t17-/m0/s1. The van der Waals surface area contributed by atoms with Crippen LogP contribution in [0.25, 0.3) is 10.9 Å². The number of likely N-dealkylation sites (N-methyl/N-ethyl adjacent to an activating group) is 1. The molecule has 1 aromatic carbocycles. The zero-order valence-electron chi connectivity index (χ0n) is 15.3. The van der Waals surface area contributed by atoms with Crippen LogP contribution in [0.3, 0.4) is 0 Å². The highest BCUT2D eigenvalue weighted by atomic mass is 32.1. The summed E-state index contributed by atoms with van der Waals surface area (Å²) in [5, 5.41) is 7.64. The Balaban J connectivity index is 1.41. The van der Waals surface area contributed by atoms with Gasteiger partial charge in [0.15, 0.2) is 0 Å². The van der Waals surface area contributed by atoms with E-state index in [1.165, 1.54) is 4.90 Å². The molecule has 1 aliphatic heterocycles. The number of H-pyrrole nitrogens is 1. The van der Waals surface area contributed by atoms with Crippen LogP contribution in [0.2, 0.25) is 0 Å². The maximum Gasteiger partial charge on any atom is 0.325 e. The summed E-state index contributed by atoms with van der Waals surface area (Å²) in [5.74, 6) is -0.644. The summed E-state index contributed by atoms with van der Waals surface area (Å²) in [6.45, 7) is 0.195. The molecule has 2 N–H and O–H groups in total. The van der Waals surface area contributed by atoms with Crippen LogP contribution < -0.4 is 5.32 Å². The van der Waals surface area contributed by atoms with E-state index in [0.29, 0.717) is 13.0 Å². The van der Waals surface area contributed by atoms with Crippen molar-refractivity contribution in [2.75, 3.05) is 13.6 Å². The van der Waals surface area contributed by atoms with E-state index in [1.807, 2.05) is 47.3 Å².